The highest BCUT2D eigenvalue weighted by atomic mass is 16.2. The molecule has 1 N–H and O–H groups in total. The van der Waals surface area contributed by atoms with E-state index in [9.17, 15) is 4.79 Å². The van der Waals surface area contributed by atoms with Crippen molar-refractivity contribution in [2.45, 2.75) is 6.42 Å². The van der Waals surface area contributed by atoms with Crippen molar-refractivity contribution in [2.75, 3.05) is 27.2 Å². The normalized spacial score (nSPS) is 10.6. The molecule has 0 spiro atoms. The number of nitrogens with zero attached hydrogens (tertiary/aromatic N) is 1. The van der Waals surface area contributed by atoms with E-state index in [1.807, 2.05) is 38.4 Å². The van der Waals surface area contributed by atoms with Crippen molar-refractivity contribution in [2.24, 2.45) is 0 Å². The first-order chi connectivity index (χ1) is 9.22. The predicted molar refractivity (Wildman–Crippen MR) is 79.2 cm³/mol. The quantitative estimate of drug-likeness (QED) is 0.888. The number of rotatable bonds is 5. The van der Waals surface area contributed by atoms with Crippen LogP contribution in [-0.2, 0) is 11.2 Å². The molecule has 0 radical (unpaired) electrons. The Morgan fingerprint density at radius 1 is 1.16 bits per heavy atom. The highest BCUT2D eigenvalue weighted by Gasteiger charge is 2.10. The minimum atomic E-state index is 0.159. The summed E-state index contributed by atoms with van der Waals surface area (Å²) in [4.78, 5) is 13.9. The van der Waals surface area contributed by atoms with Crippen LogP contribution in [0, 0.1) is 0 Å². The molecule has 0 atom stereocenters. The third-order valence-electron chi connectivity index (χ3n) is 3.34. The smallest absolute Gasteiger partial charge is 0.226 e. The molecule has 0 unspecified atom stereocenters. The van der Waals surface area contributed by atoms with Gasteiger partial charge in [-0.2, -0.15) is 0 Å². The summed E-state index contributed by atoms with van der Waals surface area (Å²) in [6, 6.07) is 14.3. The van der Waals surface area contributed by atoms with Gasteiger partial charge in [0.15, 0.2) is 0 Å². The van der Waals surface area contributed by atoms with Gasteiger partial charge in [-0.1, -0.05) is 42.5 Å². The summed E-state index contributed by atoms with van der Waals surface area (Å²) in [5, 5.41) is 5.41. The number of benzene rings is 2. The number of carbonyl (C=O) groups excluding carboxylic acids is 1. The zero-order valence-electron chi connectivity index (χ0n) is 11.5. The third-order valence-corrected chi connectivity index (χ3v) is 3.34. The van der Waals surface area contributed by atoms with Crippen molar-refractivity contribution in [1.82, 2.24) is 10.2 Å². The molecule has 0 aliphatic heterocycles. The number of nitrogens with one attached hydrogen (secondary N) is 1. The van der Waals surface area contributed by atoms with Crippen molar-refractivity contribution in [3.63, 3.8) is 0 Å². The van der Waals surface area contributed by atoms with E-state index in [4.69, 9.17) is 0 Å². The second kappa shape index (κ2) is 6.34. The predicted octanol–water partition coefficient (Wildman–Crippen LogP) is 2.06. The SMILES string of the molecule is CNCCN(C)C(=O)Cc1cccc2ccccc12. The van der Waals surface area contributed by atoms with Crippen molar-refractivity contribution < 1.29 is 4.79 Å². The number of carbonyl (C=O) groups is 1. The van der Waals surface area contributed by atoms with Crippen LogP contribution in [0.5, 0.6) is 0 Å². The topological polar surface area (TPSA) is 32.3 Å². The first kappa shape index (κ1) is 13.6. The van der Waals surface area contributed by atoms with Gasteiger partial charge in [-0.15, -0.1) is 0 Å². The maximum absolute atomic E-state index is 12.2. The number of likely N-dealkylation sites (N-methyl/N-ethyl adjacent to an activating group) is 2. The summed E-state index contributed by atoms with van der Waals surface area (Å²) in [6.45, 7) is 1.55. The van der Waals surface area contributed by atoms with Gasteiger partial charge in [-0.3, -0.25) is 4.79 Å². The Balaban J connectivity index is 2.15. The maximum Gasteiger partial charge on any atom is 0.226 e. The summed E-state index contributed by atoms with van der Waals surface area (Å²) in [6.07, 6.45) is 0.460. The van der Waals surface area contributed by atoms with Crippen molar-refractivity contribution in [3.8, 4) is 0 Å². The highest BCUT2D eigenvalue weighted by molar-refractivity contribution is 5.90. The Labute approximate surface area is 114 Å². The molecule has 3 nitrogen and oxygen atoms in total. The summed E-state index contributed by atoms with van der Waals surface area (Å²) < 4.78 is 0. The molecule has 0 heterocycles. The van der Waals surface area contributed by atoms with Crippen LogP contribution >= 0.6 is 0 Å². The molecule has 100 valence electrons. The van der Waals surface area contributed by atoms with Crippen LogP contribution in [0.3, 0.4) is 0 Å². The molecular formula is C16H20N2O. The number of hydrogen-bond acceptors (Lipinski definition) is 2. The second-order valence-corrected chi connectivity index (χ2v) is 4.73. The third kappa shape index (κ3) is 3.32. The van der Waals surface area contributed by atoms with Crippen LogP contribution in [0.4, 0.5) is 0 Å². The van der Waals surface area contributed by atoms with Crippen LogP contribution in [-0.4, -0.2) is 38.0 Å². The second-order valence-electron chi connectivity index (χ2n) is 4.73. The Hall–Kier alpha value is -1.87. The molecule has 19 heavy (non-hydrogen) atoms. The van der Waals surface area contributed by atoms with E-state index >= 15 is 0 Å². The summed E-state index contributed by atoms with van der Waals surface area (Å²) in [7, 11) is 3.74. The van der Waals surface area contributed by atoms with E-state index in [0.717, 1.165) is 18.7 Å². The molecule has 2 rings (SSSR count). The molecule has 2 aromatic rings. The van der Waals surface area contributed by atoms with Crippen LogP contribution < -0.4 is 5.32 Å². The lowest BCUT2D eigenvalue weighted by atomic mass is 10.0. The first-order valence-electron chi connectivity index (χ1n) is 6.57. The lowest BCUT2D eigenvalue weighted by Crippen LogP contribution is -2.33. The van der Waals surface area contributed by atoms with Crippen LogP contribution in [0.25, 0.3) is 10.8 Å². The van der Waals surface area contributed by atoms with E-state index in [-0.39, 0.29) is 5.91 Å². The molecule has 0 saturated carbocycles. The molecule has 1 amide bonds. The van der Waals surface area contributed by atoms with Crippen LogP contribution in [0.15, 0.2) is 42.5 Å². The molecule has 0 aromatic heterocycles. The van der Waals surface area contributed by atoms with Gasteiger partial charge in [0, 0.05) is 20.1 Å². The molecule has 0 bridgehead atoms. The number of hydrogen-bond donors (Lipinski definition) is 1. The Bertz CT molecular complexity index is 560. The fourth-order valence-electron chi connectivity index (χ4n) is 2.15. The van der Waals surface area contributed by atoms with Gasteiger partial charge >= 0.3 is 0 Å². The maximum atomic E-state index is 12.2. The molecular weight excluding hydrogens is 236 g/mol. The van der Waals surface area contributed by atoms with E-state index in [1.54, 1.807) is 4.90 Å². The monoisotopic (exact) mass is 256 g/mol. The zero-order chi connectivity index (χ0) is 13.7. The van der Waals surface area contributed by atoms with Crippen LogP contribution in [0.1, 0.15) is 5.56 Å². The van der Waals surface area contributed by atoms with Crippen LogP contribution in [0.2, 0.25) is 0 Å². The summed E-state index contributed by atoms with van der Waals surface area (Å²) >= 11 is 0. The number of fused-ring (bicyclic) bond motifs is 1. The van der Waals surface area contributed by atoms with Gasteiger partial charge in [0.2, 0.25) is 5.91 Å². The average Bonchev–Trinajstić information content (AvgIpc) is 2.45. The van der Waals surface area contributed by atoms with Gasteiger partial charge in [-0.05, 0) is 23.4 Å². The van der Waals surface area contributed by atoms with Gasteiger partial charge in [0.05, 0.1) is 6.42 Å². The molecule has 3 heteroatoms. The standard InChI is InChI=1S/C16H20N2O/c1-17-10-11-18(2)16(19)12-14-8-5-7-13-6-3-4-9-15(13)14/h3-9,17H,10-12H2,1-2H3. The largest absolute Gasteiger partial charge is 0.344 e. The fraction of sp³-hybridized carbons (Fsp3) is 0.312. The van der Waals surface area contributed by atoms with Gasteiger partial charge in [0.25, 0.3) is 0 Å². The summed E-state index contributed by atoms with van der Waals surface area (Å²) in [5.41, 5.74) is 1.10. The fourth-order valence-corrected chi connectivity index (χ4v) is 2.15. The van der Waals surface area contributed by atoms with Gasteiger partial charge in [-0.25, -0.2) is 0 Å². The molecule has 0 saturated heterocycles. The minimum Gasteiger partial charge on any atom is -0.344 e. The van der Waals surface area contributed by atoms with E-state index in [1.165, 1.54) is 10.8 Å². The first-order valence-corrected chi connectivity index (χ1v) is 6.57. The van der Waals surface area contributed by atoms with E-state index < -0.39 is 0 Å². The number of amides is 1. The van der Waals surface area contributed by atoms with Gasteiger partial charge in [0.1, 0.15) is 0 Å². The Morgan fingerprint density at radius 2 is 1.89 bits per heavy atom. The summed E-state index contributed by atoms with van der Waals surface area (Å²) in [5.74, 6) is 0.159. The Kier molecular flexibility index (Phi) is 4.53. The lowest BCUT2D eigenvalue weighted by molar-refractivity contribution is -0.129. The van der Waals surface area contributed by atoms with Crippen molar-refractivity contribution >= 4 is 16.7 Å². The van der Waals surface area contributed by atoms with E-state index in [0.29, 0.717) is 6.42 Å². The van der Waals surface area contributed by atoms with Gasteiger partial charge < -0.3 is 10.2 Å². The highest BCUT2D eigenvalue weighted by Crippen LogP contribution is 2.19. The van der Waals surface area contributed by atoms with E-state index in [2.05, 4.69) is 23.5 Å². The van der Waals surface area contributed by atoms with Crippen molar-refractivity contribution in [1.29, 1.82) is 0 Å². The average molecular weight is 256 g/mol. The lowest BCUT2D eigenvalue weighted by Gasteiger charge is -2.17. The Morgan fingerprint density at radius 3 is 2.68 bits per heavy atom. The molecule has 2 aromatic carbocycles. The molecule has 0 aliphatic carbocycles. The molecule has 0 fully saturated rings. The zero-order valence-corrected chi connectivity index (χ0v) is 11.5. The van der Waals surface area contributed by atoms with Crippen molar-refractivity contribution in [3.05, 3.63) is 48.0 Å². The minimum absolute atomic E-state index is 0.159. The molecule has 0 aliphatic rings.